The van der Waals surface area contributed by atoms with Crippen LogP contribution in [-0.4, -0.2) is 22.9 Å². The fourth-order valence-corrected chi connectivity index (χ4v) is 2.32. The molecule has 0 unspecified atom stereocenters. The summed E-state index contributed by atoms with van der Waals surface area (Å²) in [5, 5.41) is 9.68. The van der Waals surface area contributed by atoms with Crippen molar-refractivity contribution in [3.8, 4) is 0 Å². The summed E-state index contributed by atoms with van der Waals surface area (Å²) in [5.74, 6) is 0. The van der Waals surface area contributed by atoms with Crippen LogP contribution in [-0.2, 0) is 13.6 Å². The van der Waals surface area contributed by atoms with Gasteiger partial charge in [0.2, 0.25) is 6.29 Å². The zero-order valence-electron chi connectivity index (χ0n) is 9.37. The highest BCUT2D eigenvalue weighted by molar-refractivity contribution is 7.53. The van der Waals surface area contributed by atoms with Gasteiger partial charge in [0.1, 0.15) is 0 Å². The fourth-order valence-electron chi connectivity index (χ4n) is 1.12. The average molecular weight is 245 g/mol. The molecule has 6 heteroatoms. The summed E-state index contributed by atoms with van der Waals surface area (Å²) in [6, 6.07) is 5.03. The molecule has 1 aromatic rings. The SMILES string of the molecule is CCO[P@@](=O)(CC)O[C@H](O)c1ccccn1. The molecule has 90 valence electrons. The second-order valence-electron chi connectivity index (χ2n) is 3.06. The Hall–Kier alpha value is -0.740. The molecule has 5 nitrogen and oxygen atoms in total. The molecule has 0 bridgehead atoms. The van der Waals surface area contributed by atoms with E-state index in [0.717, 1.165) is 0 Å². The van der Waals surface area contributed by atoms with Gasteiger partial charge in [-0.1, -0.05) is 13.0 Å². The topological polar surface area (TPSA) is 68.7 Å². The molecule has 1 rings (SSSR count). The molecule has 16 heavy (non-hydrogen) atoms. The lowest BCUT2D eigenvalue weighted by Gasteiger charge is -2.19. The van der Waals surface area contributed by atoms with Crippen LogP contribution in [0.3, 0.4) is 0 Å². The molecular formula is C10H16NO4P. The number of hydrogen-bond donors (Lipinski definition) is 1. The van der Waals surface area contributed by atoms with Crippen molar-refractivity contribution >= 4 is 7.60 Å². The highest BCUT2D eigenvalue weighted by Gasteiger charge is 2.26. The smallest absolute Gasteiger partial charge is 0.333 e. The van der Waals surface area contributed by atoms with Gasteiger partial charge in [-0.2, -0.15) is 0 Å². The van der Waals surface area contributed by atoms with E-state index in [1.54, 1.807) is 32.0 Å². The minimum atomic E-state index is -3.21. The molecule has 0 aliphatic carbocycles. The van der Waals surface area contributed by atoms with Gasteiger partial charge >= 0.3 is 7.60 Å². The normalized spacial score (nSPS) is 16.7. The molecular weight excluding hydrogens is 229 g/mol. The predicted octanol–water partition coefficient (Wildman–Crippen LogP) is 2.34. The number of aromatic nitrogens is 1. The number of pyridine rings is 1. The molecule has 1 heterocycles. The van der Waals surface area contributed by atoms with Crippen molar-refractivity contribution in [3.05, 3.63) is 30.1 Å². The van der Waals surface area contributed by atoms with Crippen molar-refractivity contribution in [3.63, 3.8) is 0 Å². The van der Waals surface area contributed by atoms with Crippen LogP contribution in [0.2, 0.25) is 0 Å². The molecule has 2 atom stereocenters. The molecule has 0 fully saturated rings. The van der Waals surface area contributed by atoms with Gasteiger partial charge in [0.05, 0.1) is 12.3 Å². The predicted molar refractivity (Wildman–Crippen MR) is 60.1 cm³/mol. The van der Waals surface area contributed by atoms with Gasteiger partial charge in [-0.25, -0.2) is 0 Å². The van der Waals surface area contributed by atoms with E-state index in [1.165, 1.54) is 6.20 Å². The summed E-state index contributed by atoms with van der Waals surface area (Å²) in [5.41, 5.74) is 0.316. The van der Waals surface area contributed by atoms with Crippen LogP contribution >= 0.6 is 7.60 Å². The van der Waals surface area contributed by atoms with E-state index in [1.807, 2.05) is 0 Å². The van der Waals surface area contributed by atoms with Gasteiger partial charge in [0, 0.05) is 12.4 Å². The Kier molecular flexibility index (Phi) is 5.09. The van der Waals surface area contributed by atoms with Crippen LogP contribution in [0.5, 0.6) is 0 Å². The van der Waals surface area contributed by atoms with Crippen molar-refractivity contribution in [2.75, 3.05) is 12.8 Å². The van der Waals surface area contributed by atoms with Crippen LogP contribution in [0.1, 0.15) is 25.8 Å². The quantitative estimate of drug-likeness (QED) is 0.615. The van der Waals surface area contributed by atoms with Crippen molar-refractivity contribution in [2.24, 2.45) is 0 Å². The van der Waals surface area contributed by atoms with Gasteiger partial charge < -0.3 is 9.63 Å². The Morgan fingerprint density at radius 3 is 2.75 bits per heavy atom. The molecule has 0 aliphatic rings. The van der Waals surface area contributed by atoms with Gasteiger partial charge in [-0.05, 0) is 19.1 Å². The second-order valence-corrected chi connectivity index (χ2v) is 5.38. The zero-order valence-corrected chi connectivity index (χ0v) is 10.3. The van der Waals surface area contributed by atoms with E-state index in [4.69, 9.17) is 9.05 Å². The molecule has 1 aromatic heterocycles. The number of aliphatic hydroxyl groups excluding tert-OH is 1. The molecule has 1 N–H and O–H groups in total. The highest BCUT2D eigenvalue weighted by atomic mass is 31.2. The van der Waals surface area contributed by atoms with Crippen molar-refractivity contribution in [1.82, 2.24) is 4.98 Å². The lowest BCUT2D eigenvalue weighted by Crippen LogP contribution is -2.06. The van der Waals surface area contributed by atoms with Gasteiger partial charge in [0.15, 0.2) is 0 Å². The molecule has 0 radical (unpaired) electrons. The Labute approximate surface area is 95.0 Å². The van der Waals surface area contributed by atoms with Crippen LogP contribution in [0.15, 0.2) is 24.4 Å². The van der Waals surface area contributed by atoms with E-state index in [-0.39, 0.29) is 12.8 Å². The summed E-state index contributed by atoms with van der Waals surface area (Å²) in [4.78, 5) is 3.91. The first-order valence-corrected chi connectivity index (χ1v) is 6.85. The van der Waals surface area contributed by atoms with E-state index in [0.29, 0.717) is 5.69 Å². The largest absolute Gasteiger partial charge is 0.363 e. The van der Waals surface area contributed by atoms with E-state index in [9.17, 15) is 9.67 Å². The van der Waals surface area contributed by atoms with Crippen LogP contribution in [0, 0.1) is 0 Å². The Balaban J connectivity index is 2.70. The summed E-state index contributed by atoms with van der Waals surface area (Å²) < 4.78 is 22.0. The lowest BCUT2D eigenvalue weighted by molar-refractivity contribution is -0.0335. The third-order valence-corrected chi connectivity index (χ3v) is 3.86. The van der Waals surface area contributed by atoms with Gasteiger partial charge in [0.25, 0.3) is 0 Å². The first kappa shape index (κ1) is 13.3. The molecule has 0 saturated heterocycles. The fraction of sp³-hybridized carbons (Fsp3) is 0.500. The minimum absolute atomic E-state index is 0.213. The van der Waals surface area contributed by atoms with Crippen LogP contribution in [0.4, 0.5) is 0 Å². The monoisotopic (exact) mass is 245 g/mol. The maximum Gasteiger partial charge on any atom is 0.333 e. The minimum Gasteiger partial charge on any atom is -0.363 e. The van der Waals surface area contributed by atoms with E-state index in [2.05, 4.69) is 4.98 Å². The summed E-state index contributed by atoms with van der Waals surface area (Å²) >= 11 is 0. The highest BCUT2D eigenvalue weighted by Crippen LogP contribution is 2.50. The molecule has 0 aromatic carbocycles. The standard InChI is InChI=1S/C10H16NO4P/c1-3-14-16(13,4-2)15-10(12)9-7-5-6-8-11-9/h5-8,10,12H,3-4H2,1-2H3/t10-,16-/m0/s1. The number of rotatable bonds is 6. The van der Waals surface area contributed by atoms with Gasteiger partial charge in [-0.15, -0.1) is 0 Å². The Morgan fingerprint density at radius 1 is 1.50 bits per heavy atom. The van der Waals surface area contributed by atoms with E-state index < -0.39 is 13.9 Å². The third kappa shape index (κ3) is 3.68. The summed E-state index contributed by atoms with van der Waals surface area (Å²) in [7, 11) is -3.21. The summed E-state index contributed by atoms with van der Waals surface area (Å²) in [6.07, 6.45) is 0.419. The maximum absolute atomic E-state index is 11.9. The first-order chi connectivity index (χ1) is 7.61. The first-order valence-electron chi connectivity index (χ1n) is 5.12. The second kappa shape index (κ2) is 6.11. The Morgan fingerprint density at radius 2 is 2.25 bits per heavy atom. The van der Waals surface area contributed by atoms with Crippen molar-refractivity contribution in [1.29, 1.82) is 0 Å². The van der Waals surface area contributed by atoms with E-state index >= 15 is 0 Å². The maximum atomic E-state index is 11.9. The van der Waals surface area contributed by atoms with Gasteiger partial charge in [-0.3, -0.25) is 14.1 Å². The molecule has 0 amide bonds. The number of hydrogen-bond acceptors (Lipinski definition) is 5. The molecule has 0 spiro atoms. The van der Waals surface area contributed by atoms with Crippen LogP contribution in [0.25, 0.3) is 0 Å². The zero-order chi connectivity index (χ0) is 12.0. The number of nitrogens with zero attached hydrogens (tertiary/aromatic N) is 1. The lowest BCUT2D eigenvalue weighted by atomic mass is 10.3. The third-order valence-electron chi connectivity index (χ3n) is 1.91. The number of aliphatic hydroxyl groups is 1. The average Bonchev–Trinajstić information content (AvgIpc) is 2.30. The Bertz CT molecular complexity index is 357. The molecule has 0 saturated carbocycles. The van der Waals surface area contributed by atoms with Crippen molar-refractivity contribution in [2.45, 2.75) is 20.1 Å². The van der Waals surface area contributed by atoms with Crippen LogP contribution < -0.4 is 0 Å². The summed E-state index contributed by atoms with van der Waals surface area (Å²) in [6.45, 7) is 3.68. The van der Waals surface area contributed by atoms with Crippen molar-refractivity contribution < 1.29 is 18.7 Å². The molecule has 0 aliphatic heterocycles.